The van der Waals surface area contributed by atoms with Crippen molar-refractivity contribution in [2.75, 3.05) is 0 Å². The molecule has 3 aromatic carbocycles. The smallest absolute Gasteiger partial charge is 0.179 e. The molecule has 1 aromatic heterocycles. The van der Waals surface area contributed by atoms with Gasteiger partial charge in [-0.25, -0.2) is 9.97 Å². The van der Waals surface area contributed by atoms with Gasteiger partial charge in [0.05, 0.1) is 22.4 Å². The van der Waals surface area contributed by atoms with Crippen LogP contribution in [0.25, 0.3) is 11.0 Å². The molecule has 5 rings (SSSR count). The Hall–Kier alpha value is -3.99. The lowest BCUT2D eigenvalue weighted by molar-refractivity contribution is -0.119. The third-order valence-corrected chi connectivity index (χ3v) is 5.38. The summed E-state index contributed by atoms with van der Waals surface area (Å²) in [6, 6.07) is 24.4. The Kier molecular flexibility index (Phi) is 4.29. The summed E-state index contributed by atoms with van der Waals surface area (Å²) < 4.78 is 0. The van der Waals surface area contributed by atoms with Crippen molar-refractivity contribution in [3.8, 4) is 0 Å². The van der Waals surface area contributed by atoms with Gasteiger partial charge < -0.3 is 0 Å². The summed E-state index contributed by atoms with van der Waals surface area (Å²) in [5.41, 5.74) is 2.54. The highest BCUT2D eigenvalue weighted by Crippen LogP contribution is 2.41. The first-order valence-corrected chi connectivity index (χ1v) is 9.64. The molecule has 0 bridgehead atoms. The number of benzene rings is 3. The van der Waals surface area contributed by atoms with Gasteiger partial charge in [0, 0.05) is 11.1 Å². The van der Waals surface area contributed by atoms with E-state index in [1.807, 2.05) is 12.1 Å². The largest absolute Gasteiger partial charge is 0.297 e. The Bertz CT molecular complexity index is 1200. The Morgan fingerprint density at radius 2 is 0.933 bits per heavy atom. The molecule has 2 atom stereocenters. The molecule has 0 aliphatic heterocycles. The molecule has 0 spiro atoms. The summed E-state index contributed by atoms with van der Waals surface area (Å²) in [5, 5.41) is 0. The number of fused-ring (bicyclic) bond motifs is 2. The monoisotopic (exact) mass is 392 g/mol. The molecule has 5 nitrogen and oxygen atoms in total. The molecule has 2 unspecified atom stereocenters. The SMILES string of the molecule is O=C(c1ccccc1)C1C(=O)C(C(=O)c2ccccc2)c2nc3ccccc3nc21. The number of rotatable bonds is 4. The molecule has 0 N–H and O–H groups in total. The summed E-state index contributed by atoms with van der Waals surface area (Å²) in [6.07, 6.45) is 0. The number of para-hydroxylation sites is 2. The van der Waals surface area contributed by atoms with Crippen LogP contribution in [0.15, 0.2) is 84.9 Å². The molecule has 4 aromatic rings. The average molecular weight is 392 g/mol. The van der Waals surface area contributed by atoms with Crippen molar-refractivity contribution >= 4 is 28.4 Å². The van der Waals surface area contributed by atoms with E-state index in [0.29, 0.717) is 22.2 Å². The Balaban J connectivity index is 1.69. The van der Waals surface area contributed by atoms with Gasteiger partial charge in [0.1, 0.15) is 11.8 Å². The van der Waals surface area contributed by atoms with Crippen molar-refractivity contribution in [2.24, 2.45) is 0 Å². The van der Waals surface area contributed by atoms with Crippen LogP contribution in [0.2, 0.25) is 0 Å². The number of aromatic nitrogens is 2. The highest BCUT2D eigenvalue weighted by atomic mass is 16.2. The second kappa shape index (κ2) is 7.12. The number of hydrogen-bond donors (Lipinski definition) is 0. The normalized spacial score (nSPS) is 17.7. The van der Waals surface area contributed by atoms with E-state index in [4.69, 9.17) is 0 Å². The zero-order valence-corrected chi connectivity index (χ0v) is 15.9. The van der Waals surface area contributed by atoms with Crippen LogP contribution in [-0.2, 0) is 4.79 Å². The van der Waals surface area contributed by atoms with Crippen molar-refractivity contribution in [3.63, 3.8) is 0 Å². The molecular formula is C25H16N2O3. The van der Waals surface area contributed by atoms with Crippen molar-refractivity contribution in [1.82, 2.24) is 9.97 Å². The van der Waals surface area contributed by atoms with Crippen molar-refractivity contribution < 1.29 is 14.4 Å². The maximum absolute atomic E-state index is 13.4. The van der Waals surface area contributed by atoms with E-state index in [9.17, 15) is 14.4 Å². The minimum atomic E-state index is -1.14. The third-order valence-electron chi connectivity index (χ3n) is 5.38. The first-order valence-electron chi connectivity index (χ1n) is 9.64. The topological polar surface area (TPSA) is 77.0 Å². The number of carbonyl (C=O) groups is 3. The molecular weight excluding hydrogens is 376 g/mol. The van der Waals surface area contributed by atoms with Crippen LogP contribution in [0.5, 0.6) is 0 Å². The minimum Gasteiger partial charge on any atom is -0.297 e. The lowest BCUT2D eigenvalue weighted by Crippen LogP contribution is -2.24. The number of hydrogen-bond acceptors (Lipinski definition) is 5. The number of carbonyl (C=O) groups excluding carboxylic acids is 3. The first-order chi connectivity index (χ1) is 14.6. The summed E-state index contributed by atoms with van der Waals surface area (Å²) >= 11 is 0. The maximum atomic E-state index is 13.4. The zero-order chi connectivity index (χ0) is 20.7. The zero-order valence-electron chi connectivity index (χ0n) is 15.9. The number of Topliss-reactive ketones (excluding diaryl/α,β-unsaturated/α-hetero) is 3. The Labute approximate surface area is 172 Å². The molecule has 1 aliphatic rings. The van der Waals surface area contributed by atoms with Crippen molar-refractivity contribution in [1.29, 1.82) is 0 Å². The van der Waals surface area contributed by atoms with Crippen molar-refractivity contribution in [2.45, 2.75) is 11.8 Å². The van der Waals surface area contributed by atoms with Crippen molar-refractivity contribution in [3.05, 3.63) is 107 Å². The van der Waals surface area contributed by atoms with Crippen LogP contribution in [0, 0.1) is 0 Å². The number of ketones is 3. The van der Waals surface area contributed by atoms with E-state index < -0.39 is 17.6 Å². The lowest BCUT2D eigenvalue weighted by Gasteiger charge is -2.10. The van der Waals surface area contributed by atoms with Crippen LogP contribution in [0.4, 0.5) is 0 Å². The molecule has 0 fully saturated rings. The highest BCUT2D eigenvalue weighted by molar-refractivity contribution is 6.27. The standard InChI is InChI=1S/C25H16N2O3/c28-23(15-9-3-1-4-10-15)19-21-22(27-18-14-8-7-13-17(18)26-21)20(25(19)30)24(29)16-11-5-2-6-12-16/h1-14,19-20H. The second-order valence-electron chi connectivity index (χ2n) is 7.21. The molecule has 30 heavy (non-hydrogen) atoms. The Morgan fingerprint density at radius 1 is 0.567 bits per heavy atom. The highest BCUT2D eigenvalue weighted by Gasteiger charge is 2.49. The minimum absolute atomic E-state index is 0.279. The summed E-state index contributed by atoms with van der Waals surface area (Å²) in [4.78, 5) is 49.2. The quantitative estimate of drug-likeness (QED) is 0.385. The fourth-order valence-electron chi connectivity index (χ4n) is 3.93. The molecule has 5 heteroatoms. The fraction of sp³-hybridized carbons (Fsp3) is 0.0800. The Morgan fingerprint density at radius 3 is 1.33 bits per heavy atom. The van der Waals surface area contributed by atoms with E-state index in [-0.39, 0.29) is 23.0 Å². The van der Waals surface area contributed by atoms with E-state index in [1.165, 1.54) is 0 Å². The first kappa shape index (κ1) is 18.1. The van der Waals surface area contributed by atoms with Gasteiger partial charge in [-0.2, -0.15) is 0 Å². The van der Waals surface area contributed by atoms with Gasteiger partial charge in [-0.05, 0) is 12.1 Å². The second-order valence-corrected chi connectivity index (χ2v) is 7.21. The maximum Gasteiger partial charge on any atom is 0.179 e. The van der Waals surface area contributed by atoms with E-state index in [0.717, 1.165) is 0 Å². The van der Waals surface area contributed by atoms with Crippen LogP contribution < -0.4 is 0 Å². The molecule has 0 saturated heterocycles. The molecule has 0 radical (unpaired) electrons. The predicted octanol–water partition coefficient (Wildman–Crippen LogP) is 4.15. The molecule has 0 amide bonds. The third kappa shape index (κ3) is 2.83. The summed E-state index contributed by atoms with van der Waals surface area (Å²) in [7, 11) is 0. The van der Waals surface area contributed by atoms with Gasteiger partial charge >= 0.3 is 0 Å². The summed E-state index contributed by atoms with van der Waals surface area (Å²) in [5.74, 6) is -3.48. The van der Waals surface area contributed by atoms with Crippen LogP contribution in [-0.4, -0.2) is 27.3 Å². The molecule has 1 heterocycles. The average Bonchev–Trinajstić information content (AvgIpc) is 3.08. The van der Waals surface area contributed by atoms with Crippen LogP contribution in [0.3, 0.4) is 0 Å². The van der Waals surface area contributed by atoms with Crippen LogP contribution in [0.1, 0.15) is 43.9 Å². The van der Waals surface area contributed by atoms with Gasteiger partial charge in [-0.3, -0.25) is 14.4 Å². The van der Waals surface area contributed by atoms with E-state index >= 15 is 0 Å². The molecule has 144 valence electrons. The van der Waals surface area contributed by atoms with E-state index in [2.05, 4.69) is 9.97 Å². The lowest BCUT2D eigenvalue weighted by atomic mass is 9.89. The molecule has 0 saturated carbocycles. The van der Waals surface area contributed by atoms with Gasteiger partial charge in [0.15, 0.2) is 17.3 Å². The predicted molar refractivity (Wildman–Crippen MR) is 112 cm³/mol. The van der Waals surface area contributed by atoms with Gasteiger partial charge in [0.25, 0.3) is 0 Å². The van der Waals surface area contributed by atoms with Gasteiger partial charge in [0.2, 0.25) is 0 Å². The van der Waals surface area contributed by atoms with E-state index in [1.54, 1.807) is 72.8 Å². The summed E-state index contributed by atoms with van der Waals surface area (Å²) in [6.45, 7) is 0. The number of nitrogens with zero attached hydrogens (tertiary/aromatic N) is 2. The fourth-order valence-corrected chi connectivity index (χ4v) is 3.93. The molecule has 1 aliphatic carbocycles. The van der Waals surface area contributed by atoms with Crippen LogP contribution >= 0.6 is 0 Å². The van der Waals surface area contributed by atoms with Gasteiger partial charge in [-0.1, -0.05) is 72.8 Å². The van der Waals surface area contributed by atoms with Gasteiger partial charge in [-0.15, -0.1) is 0 Å².